The molecule has 0 fully saturated rings. The second-order valence-electron chi connectivity index (χ2n) is 5.53. The van der Waals surface area contributed by atoms with Crippen LogP contribution in [0.5, 0.6) is 0 Å². The fourth-order valence-electron chi connectivity index (χ4n) is 2.98. The van der Waals surface area contributed by atoms with Crippen LogP contribution in [0, 0.1) is 5.41 Å². The predicted octanol–water partition coefficient (Wildman–Crippen LogP) is 3.64. The molecule has 2 atom stereocenters. The molecule has 2 aromatic carbocycles. The van der Waals surface area contributed by atoms with Gasteiger partial charge in [0, 0.05) is 12.2 Å². The van der Waals surface area contributed by atoms with Gasteiger partial charge in [-0.1, -0.05) is 42.5 Å². The van der Waals surface area contributed by atoms with Crippen LogP contribution in [-0.2, 0) is 6.42 Å². The van der Waals surface area contributed by atoms with Crippen LogP contribution in [0.3, 0.4) is 0 Å². The molecule has 2 N–H and O–H groups in total. The summed E-state index contributed by atoms with van der Waals surface area (Å²) in [4.78, 5) is 0. The SMILES string of the molecule is OC1c2ccccc2CC1(CNc1ccccc1)C(F)F. The number of alkyl halides is 2. The molecule has 0 spiro atoms. The first kappa shape index (κ1) is 14.0. The molecule has 1 aliphatic carbocycles. The van der Waals surface area contributed by atoms with Crippen molar-refractivity contribution in [3.63, 3.8) is 0 Å². The maximum absolute atomic E-state index is 13.7. The molecule has 1 aliphatic rings. The molecule has 110 valence electrons. The van der Waals surface area contributed by atoms with Gasteiger partial charge in [0.15, 0.2) is 0 Å². The van der Waals surface area contributed by atoms with Crippen molar-refractivity contribution >= 4 is 5.69 Å². The lowest BCUT2D eigenvalue weighted by Gasteiger charge is -2.32. The number of halogens is 2. The van der Waals surface area contributed by atoms with Crippen LogP contribution >= 0.6 is 0 Å². The lowest BCUT2D eigenvalue weighted by molar-refractivity contribution is -0.0733. The summed E-state index contributed by atoms with van der Waals surface area (Å²) in [5.41, 5.74) is 0.730. The van der Waals surface area contributed by atoms with Gasteiger partial charge in [-0.05, 0) is 29.7 Å². The lowest BCUT2D eigenvalue weighted by atomic mass is 9.82. The highest BCUT2D eigenvalue weighted by Gasteiger charge is 2.52. The van der Waals surface area contributed by atoms with E-state index in [9.17, 15) is 13.9 Å². The zero-order valence-electron chi connectivity index (χ0n) is 11.5. The Labute approximate surface area is 122 Å². The van der Waals surface area contributed by atoms with Crippen molar-refractivity contribution in [1.29, 1.82) is 0 Å². The van der Waals surface area contributed by atoms with Crippen molar-refractivity contribution in [2.45, 2.75) is 19.0 Å². The number of benzene rings is 2. The van der Waals surface area contributed by atoms with Crippen LogP contribution in [0.2, 0.25) is 0 Å². The smallest absolute Gasteiger partial charge is 0.249 e. The second kappa shape index (κ2) is 5.45. The number of hydrogen-bond acceptors (Lipinski definition) is 2. The standard InChI is InChI=1S/C17H17F2NO/c18-16(19)17(11-20-13-7-2-1-3-8-13)10-12-6-4-5-9-14(12)15(17)21/h1-9,15-16,20-21H,10-11H2. The van der Waals surface area contributed by atoms with Crippen molar-refractivity contribution in [1.82, 2.24) is 0 Å². The lowest BCUT2D eigenvalue weighted by Crippen LogP contribution is -2.40. The Morgan fingerprint density at radius 1 is 1.10 bits per heavy atom. The monoisotopic (exact) mass is 289 g/mol. The van der Waals surface area contributed by atoms with Gasteiger partial charge in [0.25, 0.3) is 0 Å². The largest absolute Gasteiger partial charge is 0.388 e. The molecule has 4 heteroatoms. The van der Waals surface area contributed by atoms with Gasteiger partial charge >= 0.3 is 0 Å². The molecule has 0 amide bonds. The molecule has 3 rings (SSSR count). The third-order valence-corrected chi connectivity index (χ3v) is 4.24. The first-order valence-corrected chi connectivity index (χ1v) is 6.96. The van der Waals surface area contributed by atoms with Gasteiger partial charge in [0.2, 0.25) is 6.43 Å². The van der Waals surface area contributed by atoms with Crippen LogP contribution in [0.4, 0.5) is 14.5 Å². The maximum atomic E-state index is 13.7. The summed E-state index contributed by atoms with van der Waals surface area (Å²) in [5.74, 6) is 0. The van der Waals surface area contributed by atoms with Gasteiger partial charge < -0.3 is 10.4 Å². The number of rotatable bonds is 4. The first-order valence-electron chi connectivity index (χ1n) is 6.96. The third kappa shape index (κ3) is 2.40. The van der Waals surface area contributed by atoms with Crippen molar-refractivity contribution in [3.8, 4) is 0 Å². The van der Waals surface area contributed by atoms with E-state index >= 15 is 0 Å². The van der Waals surface area contributed by atoms with E-state index in [1.165, 1.54) is 0 Å². The van der Waals surface area contributed by atoms with E-state index in [1.807, 2.05) is 42.5 Å². The third-order valence-electron chi connectivity index (χ3n) is 4.24. The zero-order valence-corrected chi connectivity index (χ0v) is 11.5. The van der Waals surface area contributed by atoms with E-state index in [0.29, 0.717) is 5.56 Å². The number of anilines is 1. The topological polar surface area (TPSA) is 32.3 Å². The summed E-state index contributed by atoms with van der Waals surface area (Å²) >= 11 is 0. The number of aliphatic hydroxyl groups excluding tert-OH is 1. The van der Waals surface area contributed by atoms with Crippen molar-refractivity contribution in [2.75, 3.05) is 11.9 Å². The molecule has 2 unspecified atom stereocenters. The molecule has 0 aliphatic heterocycles. The van der Waals surface area contributed by atoms with E-state index in [1.54, 1.807) is 12.1 Å². The van der Waals surface area contributed by atoms with Gasteiger partial charge in [-0.3, -0.25) is 0 Å². The molecule has 2 aromatic rings. The Morgan fingerprint density at radius 3 is 2.43 bits per heavy atom. The van der Waals surface area contributed by atoms with Gasteiger partial charge in [0.1, 0.15) is 0 Å². The Hall–Kier alpha value is -1.94. The van der Waals surface area contributed by atoms with Crippen LogP contribution in [0.1, 0.15) is 17.2 Å². The van der Waals surface area contributed by atoms with Crippen LogP contribution < -0.4 is 5.32 Å². The van der Waals surface area contributed by atoms with E-state index in [-0.39, 0.29) is 13.0 Å². The maximum Gasteiger partial charge on any atom is 0.249 e. The minimum atomic E-state index is -2.60. The highest BCUT2D eigenvalue weighted by Crippen LogP contribution is 2.49. The van der Waals surface area contributed by atoms with Crippen LogP contribution in [-0.4, -0.2) is 18.1 Å². The molecule has 0 heterocycles. The highest BCUT2D eigenvalue weighted by molar-refractivity contribution is 5.44. The normalized spacial score (nSPS) is 24.1. The number of fused-ring (bicyclic) bond motifs is 1. The number of para-hydroxylation sites is 1. The molecule has 0 saturated carbocycles. The summed E-state index contributed by atoms with van der Waals surface area (Å²) < 4.78 is 27.4. The van der Waals surface area contributed by atoms with E-state index < -0.39 is 17.9 Å². The summed E-state index contributed by atoms with van der Waals surface area (Å²) in [6.45, 7) is 0.0323. The fraction of sp³-hybridized carbons (Fsp3) is 0.294. The fourth-order valence-corrected chi connectivity index (χ4v) is 2.98. The van der Waals surface area contributed by atoms with Gasteiger partial charge in [0.05, 0.1) is 11.5 Å². The molecule has 0 saturated heterocycles. The molecule has 0 radical (unpaired) electrons. The van der Waals surface area contributed by atoms with E-state index in [0.717, 1.165) is 11.3 Å². The Morgan fingerprint density at radius 2 is 1.76 bits per heavy atom. The van der Waals surface area contributed by atoms with Crippen LogP contribution in [0.15, 0.2) is 54.6 Å². The Balaban J connectivity index is 1.85. The molecule has 21 heavy (non-hydrogen) atoms. The molecule has 0 bridgehead atoms. The van der Waals surface area contributed by atoms with Crippen molar-refractivity contribution < 1.29 is 13.9 Å². The summed E-state index contributed by atoms with van der Waals surface area (Å²) in [5, 5.41) is 13.5. The highest BCUT2D eigenvalue weighted by atomic mass is 19.3. The zero-order chi connectivity index (χ0) is 14.9. The summed E-state index contributed by atoms with van der Waals surface area (Å²) in [7, 11) is 0. The minimum absolute atomic E-state index is 0.0323. The number of hydrogen-bond donors (Lipinski definition) is 2. The van der Waals surface area contributed by atoms with Crippen molar-refractivity contribution in [2.24, 2.45) is 5.41 Å². The quantitative estimate of drug-likeness (QED) is 0.900. The average molecular weight is 289 g/mol. The number of nitrogens with one attached hydrogen (secondary N) is 1. The average Bonchev–Trinajstić information content (AvgIpc) is 2.81. The van der Waals surface area contributed by atoms with Crippen LogP contribution in [0.25, 0.3) is 0 Å². The predicted molar refractivity (Wildman–Crippen MR) is 78.5 cm³/mol. The van der Waals surface area contributed by atoms with E-state index in [4.69, 9.17) is 0 Å². The summed E-state index contributed by atoms with van der Waals surface area (Å²) in [6.07, 6.45) is -3.57. The first-order chi connectivity index (χ1) is 10.1. The number of aliphatic hydroxyl groups is 1. The summed E-state index contributed by atoms with van der Waals surface area (Å²) in [6, 6.07) is 16.3. The Kier molecular flexibility index (Phi) is 3.64. The molecule has 0 aromatic heterocycles. The molecule has 2 nitrogen and oxygen atoms in total. The van der Waals surface area contributed by atoms with Gasteiger partial charge in [-0.2, -0.15) is 0 Å². The molecular weight excluding hydrogens is 272 g/mol. The van der Waals surface area contributed by atoms with Crippen molar-refractivity contribution in [3.05, 3.63) is 65.7 Å². The Bertz CT molecular complexity index is 617. The van der Waals surface area contributed by atoms with E-state index in [2.05, 4.69) is 5.32 Å². The molecular formula is C17H17F2NO. The minimum Gasteiger partial charge on any atom is -0.388 e. The second-order valence-corrected chi connectivity index (χ2v) is 5.53. The van der Waals surface area contributed by atoms with Gasteiger partial charge in [-0.25, -0.2) is 8.78 Å². The van der Waals surface area contributed by atoms with Gasteiger partial charge in [-0.15, -0.1) is 0 Å².